The predicted octanol–water partition coefficient (Wildman–Crippen LogP) is 8.63. The van der Waals surface area contributed by atoms with Gasteiger partial charge in [-0.3, -0.25) is 0 Å². The molecular formula is C30H16. The molecule has 0 N–H and O–H groups in total. The second kappa shape index (κ2) is 4.98. The first-order chi connectivity index (χ1) is 14.9. The van der Waals surface area contributed by atoms with Crippen molar-refractivity contribution in [2.24, 2.45) is 0 Å². The Hall–Kier alpha value is -3.90. The van der Waals surface area contributed by atoms with Gasteiger partial charge in [-0.15, -0.1) is 0 Å². The number of rotatable bonds is 0. The van der Waals surface area contributed by atoms with Gasteiger partial charge in [0.2, 0.25) is 0 Å². The van der Waals surface area contributed by atoms with Crippen LogP contribution in [0.2, 0.25) is 0 Å². The van der Waals surface area contributed by atoms with E-state index >= 15 is 0 Å². The summed E-state index contributed by atoms with van der Waals surface area (Å²) in [4.78, 5) is 0. The van der Waals surface area contributed by atoms with E-state index in [-0.39, 0.29) is 0 Å². The molecule has 0 heteroatoms. The highest BCUT2D eigenvalue weighted by molar-refractivity contribution is 6.47. The van der Waals surface area contributed by atoms with Gasteiger partial charge in [0, 0.05) is 0 Å². The van der Waals surface area contributed by atoms with Crippen molar-refractivity contribution < 1.29 is 0 Å². The van der Waals surface area contributed by atoms with Crippen LogP contribution in [-0.4, -0.2) is 0 Å². The molecule has 0 radical (unpaired) electrons. The second-order valence-corrected chi connectivity index (χ2v) is 8.50. The molecule has 0 bridgehead atoms. The number of hydrogen-bond donors (Lipinski definition) is 0. The molecule has 8 aromatic carbocycles. The van der Waals surface area contributed by atoms with E-state index in [0.29, 0.717) is 0 Å². The van der Waals surface area contributed by atoms with Crippen molar-refractivity contribution in [2.45, 2.75) is 0 Å². The van der Waals surface area contributed by atoms with Crippen LogP contribution >= 0.6 is 0 Å². The summed E-state index contributed by atoms with van der Waals surface area (Å²) < 4.78 is 0. The summed E-state index contributed by atoms with van der Waals surface area (Å²) >= 11 is 0. The summed E-state index contributed by atoms with van der Waals surface area (Å²) in [7, 11) is 0. The molecule has 30 heavy (non-hydrogen) atoms. The molecule has 0 aliphatic carbocycles. The molecule has 0 aliphatic heterocycles. The standard InChI is InChI=1S/C30H16/c1-2-8-20-19(6-1)16-25-22-10-4-3-9-21(22)23-15-14-18-13-12-17-7-5-11-24-26(17)27(18)29(23)30(25)28(20)24/h1-16H. The van der Waals surface area contributed by atoms with Crippen molar-refractivity contribution in [2.75, 3.05) is 0 Å². The van der Waals surface area contributed by atoms with Crippen LogP contribution in [0.15, 0.2) is 97.1 Å². The zero-order valence-corrected chi connectivity index (χ0v) is 16.2. The largest absolute Gasteiger partial charge is 0.0616 e. The van der Waals surface area contributed by atoms with Crippen molar-refractivity contribution in [1.29, 1.82) is 0 Å². The molecule has 0 atom stereocenters. The zero-order chi connectivity index (χ0) is 19.4. The Morgan fingerprint density at radius 1 is 0.267 bits per heavy atom. The number of fused-ring (bicyclic) bond motifs is 6. The fourth-order valence-electron chi connectivity index (χ4n) is 5.94. The SMILES string of the molecule is c1ccc2c(c1)cc1c3ccccc3c3ccc4ccc5cccc6c5c4c3c1c26. The molecule has 0 heterocycles. The Kier molecular flexibility index (Phi) is 2.49. The van der Waals surface area contributed by atoms with Gasteiger partial charge in [-0.05, 0) is 81.5 Å². The monoisotopic (exact) mass is 376 g/mol. The van der Waals surface area contributed by atoms with Crippen molar-refractivity contribution in [1.82, 2.24) is 0 Å². The van der Waals surface area contributed by atoms with Gasteiger partial charge >= 0.3 is 0 Å². The minimum atomic E-state index is 1.31. The Bertz CT molecular complexity index is 1930. The number of hydrogen-bond acceptors (Lipinski definition) is 0. The Balaban J connectivity index is 1.94. The first kappa shape index (κ1) is 15.0. The minimum absolute atomic E-state index is 1.31. The van der Waals surface area contributed by atoms with Crippen LogP contribution in [0.3, 0.4) is 0 Å². The molecule has 0 aromatic heterocycles. The van der Waals surface area contributed by atoms with Gasteiger partial charge in [-0.25, -0.2) is 0 Å². The van der Waals surface area contributed by atoms with E-state index in [1.807, 2.05) is 0 Å². The average Bonchev–Trinajstić information content (AvgIpc) is 2.82. The van der Waals surface area contributed by atoms with E-state index in [0.717, 1.165) is 0 Å². The molecule has 0 saturated carbocycles. The molecule has 136 valence electrons. The lowest BCUT2D eigenvalue weighted by atomic mass is 9.82. The van der Waals surface area contributed by atoms with E-state index in [9.17, 15) is 0 Å². The fourth-order valence-corrected chi connectivity index (χ4v) is 5.94. The van der Waals surface area contributed by atoms with E-state index in [1.165, 1.54) is 75.4 Å². The molecule has 0 spiro atoms. The van der Waals surface area contributed by atoms with Crippen molar-refractivity contribution in [3.05, 3.63) is 97.1 Å². The van der Waals surface area contributed by atoms with Crippen molar-refractivity contribution in [3.63, 3.8) is 0 Å². The molecule has 0 aliphatic rings. The highest BCUT2D eigenvalue weighted by Crippen LogP contribution is 2.49. The lowest BCUT2D eigenvalue weighted by molar-refractivity contribution is 1.79. The van der Waals surface area contributed by atoms with Crippen LogP contribution < -0.4 is 0 Å². The number of benzene rings is 8. The Labute approximate surface area is 172 Å². The summed E-state index contributed by atoms with van der Waals surface area (Å²) in [5.41, 5.74) is 0. The minimum Gasteiger partial charge on any atom is -0.0616 e. The van der Waals surface area contributed by atoms with Crippen LogP contribution in [0.5, 0.6) is 0 Å². The lowest BCUT2D eigenvalue weighted by Crippen LogP contribution is -1.92. The van der Waals surface area contributed by atoms with Crippen molar-refractivity contribution >= 4 is 75.4 Å². The topological polar surface area (TPSA) is 0 Å². The lowest BCUT2D eigenvalue weighted by Gasteiger charge is -2.21. The maximum absolute atomic E-state index is 2.41. The molecule has 0 nitrogen and oxygen atoms in total. The summed E-state index contributed by atoms with van der Waals surface area (Å²) in [6.07, 6.45) is 0. The smallest absolute Gasteiger partial charge is 0.000719 e. The maximum atomic E-state index is 2.41. The maximum Gasteiger partial charge on any atom is -0.000719 e. The third-order valence-electron chi connectivity index (χ3n) is 7.10. The van der Waals surface area contributed by atoms with Crippen LogP contribution in [-0.2, 0) is 0 Å². The van der Waals surface area contributed by atoms with Crippen LogP contribution in [0.1, 0.15) is 0 Å². The van der Waals surface area contributed by atoms with E-state index < -0.39 is 0 Å². The van der Waals surface area contributed by atoms with Gasteiger partial charge in [0.1, 0.15) is 0 Å². The van der Waals surface area contributed by atoms with E-state index in [2.05, 4.69) is 97.1 Å². The predicted molar refractivity (Wildman–Crippen MR) is 131 cm³/mol. The van der Waals surface area contributed by atoms with Gasteiger partial charge in [0.05, 0.1) is 0 Å². The van der Waals surface area contributed by atoms with Gasteiger partial charge in [-0.2, -0.15) is 0 Å². The van der Waals surface area contributed by atoms with Gasteiger partial charge < -0.3 is 0 Å². The van der Waals surface area contributed by atoms with Crippen molar-refractivity contribution in [3.8, 4) is 0 Å². The normalized spacial score (nSPS) is 12.7. The van der Waals surface area contributed by atoms with Crippen LogP contribution in [0.25, 0.3) is 75.4 Å². The zero-order valence-electron chi connectivity index (χ0n) is 16.2. The average molecular weight is 376 g/mol. The fraction of sp³-hybridized carbons (Fsp3) is 0. The first-order valence-corrected chi connectivity index (χ1v) is 10.5. The molecule has 0 unspecified atom stereocenters. The Morgan fingerprint density at radius 2 is 0.867 bits per heavy atom. The second-order valence-electron chi connectivity index (χ2n) is 8.50. The van der Waals surface area contributed by atoms with Gasteiger partial charge in [0.25, 0.3) is 0 Å². The molecule has 8 aromatic rings. The molecule has 8 rings (SSSR count). The quantitative estimate of drug-likeness (QED) is 0.183. The molecular weight excluding hydrogens is 360 g/mol. The molecule has 0 saturated heterocycles. The summed E-state index contributed by atoms with van der Waals surface area (Å²) in [6, 6.07) is 36.2. The molecule has 0 amide bonds. The molecule has 0 fully saturated rings. The summed E-state index contributed by atoms with van der Waals surface area (Å²) in [5, 5.41) is 19.2. The van der Waals surface area contributed by atoms with Crippen LogP contribution in [0, 0.1) is 0 Å². The first-order valence-electron chi connectivity index (χ1n) is 10.5. The van der Waals surface area contributed by atoms with E-state index in [4.69, 9.17) is 0 Å². The van der Waals surface area contributed by atoms with E-state index in [1.54, 1.807) is 0 Å². The van der Waals surface area contributed by atoms with Crippen LogP contribution in [0.4, 0.5) is 0 Å². The van der Waals surface area contributed by atoms with Gasteiger partial charge in [-0.1, -0.05) is 91.0 Å². The Morgan fingerprint density at radius 3 is 1.73 bits per heavy atom. The summed E-state index contributed by atoms with van der Waals surface area (Å²) in [5.74, 6) is 0. The summed E-state index contributed by atoms with van der Waals surface area (Å²) in [6.45, 7) is 0. The van der Waals surface area contributed by atoms with Gasteiger partial charge in [0.15, 0.2) is 0 Å². The highest BCUT2D eigenvalue weighted by Gasteiger charge is 2.20. The highest BCUT2D eigenvalue weighted by atomic mass is 14.2. The third-order valence-corrected chi connectivity index (χ3v) is 7.10. The third kappa shape index (κ3) is 1.58.